The van der Waals surface area contributed by atoms with E-state index < -0.39 is 17.1 Å². The Kier molecular flexibility index (Phi) is 5.80. The Bertz CT molecular complexity index is 809. The van der Waals surface area contributed by atoms with Gasteiger partial charge in [0.2, 0.25) is 0 Å². The summed E-state index contributed by atoms with van der Waals surface area (Å²) < 4.78 is 0. The minimum absolute atomic E-state index is 0.0368. The molecule has 1 heterocycles. The zero-order valence-corrected chi connectivity index (χ0v) is 15.2. The number of carbonyl (C=O) groups excluding carboxylic acids is 1. The van der Waals surface area contributed by atoms with Gasteiger partial charge in [-0.25, -0.2) is 0 Å². The average Bonchev–Trinajstić information content (AvgIpc) is 2.58. The van der Waals surface area contributed by atoms with E-state index in [1.54, 1.807) is 13.0 Å². The predicted molar refractivity (Wildman–Crippen MR) is 99.6 cm³/mol. The summed E-state index contributed by atoms with van der Waals surface area (Å²) in [6.45, 7) is 7.67. The standard InChI is InChI=1S/C20H26N2O3/c1-5-14(3)20(4,25)12-21-18(23)16-9-10-17(22-19(16)24)15-8-6-7-13(2)11-15/h6-11,14,25H,5,12H2,1-4H3,(H,21,23)(H,22,24). The van der Waals surface area contributed by atoms with Crippen LogP contribution in [0.1, 0.15) is 43.1 Å². The number of pyridine rings is 1. The Balaban J connectivity index is 2.15. The maximum absolute atomic E-state index is 12.3. The number of nitrogens with one attached hydrogen (secondary N) is 2. The fraction of sp³-hybridized carbons (Fsp3) is 0.400. The monoisotopic (exact) mass is 342 g/mol. The molecule has 0 bridgehead atoms. The van der Waals surface area contributed by atoms with E-state index in [9.17, 15) is 14.7 Å². The summed E-state index contributed by atoms with van der Waals surface area (Å²) in [6, 6.07) is 11.0. The van der Waals surface area contributed by atoms with Crippen molar-refractivity contribution in [1.29, 1.82) is 0 Å². The summed E-state index contributed by atoms with van der Waals surface area (Å²) in [5.41, 5.74) is 1.22. The number of hydrogen-bond donors (Lipinski definition) is 3. The van der Waals surface area contributed by atoms with Gasteiger partial charge in [0.1, 0.15) is 5.56 Å². The largest absolute Gasteiger partial charge is 0.388 e. The lowest BCUT2D eigenvalue weighted by Gasteiger charge is -2.29. The highest BCUT2D eigenvalue weighted by Crippen LogP contribution is 2.19. The van der Waals surface area contributed by atoms with Gasteiger partial charge in [-0.15, -0.1) is 0 Å². The van der Waals surface area contributed by atoms with Gasteiger partial charge >= 0.3 is 0 Å². The summed E-state index contributed by atoms with van der Waals surface area (Å²) >= 11 is 0. The third-order valence-electron chi connectivity index (χ3n) is 4.76. The number of aliphatic hydroxyl groups is 1. The van der Waals surface area contributed by atoms with Crippen molar-refractivity contribution < 1.29 is 9.90 Å². The first-order chi connectivity index (χ1) is 11.7. The molecule has 5 nitrogen and oxygen atoms in total. The van der Waals surface area contributed by atoms with Crippen LogP contribution in [0.15, 0.2) is 41.2 Å². The second kappa shape index (κ2) is 7.66. The molecular formula is C20H26N2O3. The van der Waals surface area contributed by atoms with Crippen LogP contribution in [0.2, 0.25) is 0 Å². The molecule has 3 N–H and O–H groups in total. The van der Waals surface area contributed by atoms with Crippen LogP contribution >= 0.6 is 0 Å². The number of carbonyl (C=O) groups is 1. The number of aryl methyl sites for hydroxylation is 1. The number of benzene rings is 1. The molecule has 0 aliphatic rings. The van der Waals surface area contributed by atoms with Crippen LogP contribution in [-0.2, 0) is 0 Å². The fourth-order valence-electron chi connectivity index (χ4n) is 2.60. The van der Waals surface area contributed by atoms with Gasteiger partial charge in [-0.2, -0.15) is 0 Å². The molecule has 5 heteroatoms. The highest BCUT2D eigenvalue weighted by Gasteiger charge is 2.27. The summed E-state index contributed by atoms with van der Waals surface area (Å²) in [5.74, 6) is -0.449. The van der Waals surface area contributed by atoms with Crippen LogP contribution < -0.4 is 10.9 Å². The fourth-order valence-corrected chi connectivity index (χ4v) is 2.60. The van der Waals surface area contributed by atoms with Gasteiger partial charge in [-0.05, 0) is 43.5 Å². The molecule has 1 aromatic carbocycles. The SMILES string of the molecule is CCC(C)C(C)(O)CNC(=O)c1ccc(-c2cccc(C)c2)[nH]c1=O. The van der Waals surface area contributed by atoms with Gasteiger partial charge in [0.05, 0.1) is 5.60 Å². The second-order valence-electron chi connectivity index (χ2n) is 6.83. The van der Waals surface area contributed by atoms with E-state index in [0.717, 1.165) is 17.5 Å². The number of aromatic amines is 1. The molecule has 0 fully saturated rings. The number of rotatable bonds is 6. The summed E-state index contributed by atoms with van der Waals surface area (Å²) in [6.07, 6.45) is 0.800. The molecule has 2 aromatic rings. The molecule has 0 saturated heterocycles. The average molecular weight is 342 g/mol. The quantitative estimate of drug-likeness (QED) is 0.755. The Labute approximate surface area is 148 Å². The molecule has 1 amide bonds. The van der Waals surface area contributed by atoms with Crippen molar-refractivity contribution in [2.45, 2.75) is 39.7 Å². The maximum Gasteiger partial charge on any atom is 0.261 e. The molecule has 25 heavy (non-hydrogen) atoms. The van der Waals surface area contributed by atoms with Gasteiger partial charge in [0.25, 0.3) is 11.5 Å². The van der Waals surface area contributed by atoms with Crippen LogP contribution in [0.4, 0.5) is 0 Å². The molecule has 0 radical (unpaired) electrons. The summed E-state index contributed by atoms with van der Waals surface area (Å²) in [4.78, 5) is 27.3. The van der Waals surface area contributed by atoms with Crippen LogP contribution in [0.25, 0.3) is 11.3 Å². The molecular weight excluding hydrogens is 316 g/mol. The molecule has 134 valence electrons. The topological polar surface area (TPSA) is 82.2 Å². The van der Waals surface area contributed by atoms with E-state index in [1.807, 2.05) is 45.0 Å². The molecule has 1 aromatic heterocycles. The van der Waals surface area contributed by atoms with E-state index in [-0.39, 0.29) is 18.0 Å². The van der Waals surface area contributed by atoms with Gasteiger partial charge in [0.15, 0.2) is 0 Å². The van der Waals surface area contributed by atoms with E-state index >= 15 is 0 Å². The van der Waals surface area contributed by atoms with Crippen molar-refractivity contribution in [2.75, 3.05) is 6.54 Å². The maximum atomic E-state index is 12.3. The zero-order chi connectivity index (χ0) is 18.6. The smallest absolute Gasteiger partial charge is 0.261 e. The van der Waals surface area contributed by atoms with Crippen molar-refractivity contribution in [3.8, 4) is 11.3 Å². The van der Waals surface area contributed by atoms with E-state index in [1.165, 1.54) is 6.07 Å². The van der Waals surface area contributed by atoms with Crippen molar-refractivity contribution >= 4 is 5.91 Å². The lowest BCUT2D eigenvalue weighted by molar-refractivity contribution is 0.00591. The minimum atomic E-state index is -1.02. The molecule has 2 atom stereocenters. The van der Waals surface area contributed by atoms with Crippen molar-refractivity contribution in [3.05, 3.63) is 57.9 Å². The Morgan fingerprint density at radius 1 is 1.32 bits per heavy atom. The van der Waals surface area contributed by atoms with Gasteiger partial charge < -0.3 is 15.4 Å². The first kappa shape index (κ1) is 18.9. The number of hydrogen-bond acceptors (Lipinski definition) is 3. The Morgan fingerprint density at radius 3 is 2.64 bits per heavy atom. The number of amides is 1. The zero-order valence-electron chi connectivity index (χ0n) is 15.2. The van der Waals surface area contributed by atoms with Crippen LogP contribution in [0, 0.1) is 12.8 Å². The van der Waals surface area contributed by atoms with E-state index in [0.29, 0.717) is 5.69 Å². The van der Waals surface area contributed by atoms with Crippen molar-refractivity contribution in [1.82, 2.24) is 10.3 Å². The lowest BCUT2D eigenvalue weighted by Crippen LogP contribution is -2.45. The minimum Gasteiger partial charge on any atom is -0.388 e. The predicted octanol–water partition coefficient (Wildman–Crippen LogP) is 2.88. The first-order valence-corrected chi connectivity index (χ1v) is 8.55. The molecule has 2 rings (SSSR count). The van der Waals surface area contributed by atoms with E-state index in [2.05, 4.69) is 10.3 Å². The summed E-state index contributed by atoms with van der Waals surface area (Å²) in [5, 5.41) is 13.0. The van der Waals surface area contributed by atoms with Crippen LogP contribution in [0.3, 0.4) is 0 Å². The van der Waals surface area contributed by atoms with Crippen molar-refractivity contribution in [3.63, 3.8) is 0 Å². The lowest BCUT2D eigenvalue weighted by atomic mass is 9.88. The molecule has 0 saturated carbocycles. The van der Waals surface area contributed by atoms with Crippen LogP contribution in [0.5, 0.6) is 0 Å². The number of aromatic nitrogens is 1. The second-order valence-corrected chi connectivity index (χ2v) is 6.83. The molecule has 0 aliphatic carbocycles. The molecule has 0 aliphatic heterocycles. The Morgan fingerprint density at radius 2 is 2.04 bits per heavy atom. The van der Waals surface area contributed by atoms with E-state index in [4.69, 9.17) is 0 Å². The van der Waals surface area contributed by atoms with Crippen LogP contribution in [-0.4, -0.2) is 28.1 Å². The third-order valence-corrected chi connectivity index (χ3v) is 4.76. The molecule has 2 unspecified atom stereocenters. The van der Waals surface area contributed by atoms with Crippen molar-refractivity contribution in [2.24, 2.45) is 5.92 Å². The normalized spacial score (nSPS) is 14.6. The highest BCUT2D eigenvalue weighted by atomic mass is 16.3. The summed E-state index contributed by atoms with van der Waals surface area (Å²) in [7, 11) is 0. The highest BCUT2D eigenvalue weighted by molar-refractivity contribution is 5.94. The first-order valence-electron chi connectivity index (χ1n) is 8.55. The number of H-pyrrole nitrogens is 1. The molecule has 0 spiro atoms. The van der Waals surface area contributed by atoms with Gasteiger partial charge in [0, 0.05) is 12.2 Å². The third kappa shape index (κ3) is 4.57. The van der Waals surface area contributed by atoms with Gasteiger partial charge in [-0.3, -0.25) is 9.59 Å². The Hall–Kier alpha value is -2.40. The van der Waals surface area contributed by atoms with Gasteiger partial charge in [-0.1, -0.05) is 44.0 Å².